The van der Waals surface area contributed by atoms with Crippen molar-refractivity contribution >= 4 is 11.8 Å². The Labute approximate surface area is 141 Å². The van der Waals surface area contributed by atoms with Gasteiger partial charge in [0, 0.05) is 11.1 Å². The molecule has 0 aromatic heterocycles. The fraction of sp³-hybridized carbons (Fsp3) is 0.300. The molecule has 0 spiro atoms. The summed E-state index contributed by atoms with van der Waals surface area (Å²) >= 11 is 0. The van der Waals surface area contributed by atoms with Crippen molar-refractivity contribution in [3.8, 4) is 5.75 Å². The maximum absolute atomic E-state index is 12.8. The molecule has 0 aliphatic rings. The molecule has 0 bridgehead atoms. The second-order valence-corrected chi connectivity index (χ2v) is 6.54. The highest BCUT2D eigenvalue weighted by atomic mass is 16.4. The number of ketones is 1. The molecular formula is C20H22O4. The van der Waals surface area contributed by atoms with Crippen molar-refractivity contribution in [3.05, 3.63) is 64.7 Å². The average molecular weight is 326 g/mol. The monoisotopic (exact) mass is 326 g/mol. The van der Waals surface area contributed by atoms with E-state index >= 15 is 0 Å². The summed E-state index contributed by atoms with van der Waals surface area (Å²) in [6.07, 6.45) is 0.554. The molecule has 0 unspecified atom stereocenters. The van der Waals surface area contributed by atoms with Crippen molar-refractivity contribution in [1.29, 1.82) is 0 Å². The molecule has 0 saturated carbocycles. The number of benzene rings is 2. The number of aromatic hydroxyl groups is 1. The molecule has 24 heavy (non-hydrogen) atoms. The normalized spacial score (nSPS) is 11.3. The van der Waals surface area contributed by atoms with Gasteiger partial charge in [0.15, 0.2) is 5.78 Å². The number of carbonyl (C=O) groups is 2. The minimum atomic E-state index is -0.973. The third-order valence-corrected chi connectivity index (χ3v) is 4.42. The van der Waals surface area contributed by atoms with Gasteiger partial charge in [0.1, 0.15) is 5.75 Å². The van der Waals surface area contributed by atoms with Gasteiger partial charge < -0.3 is 10.2 Å². The van der Waals surface area contributed by atoms with Crippen LogP contribution in [-0.2, 0) is 16.6 Å². The summed E-state index contributed by atoms with van der Waals surface area (Å²) in [6, 6.07) is 11.8. The maximum Gasteiger partial charge on any atom is 0.307 e. The van der Waals surface area contributed by atoms with Crippen molar-refractivity contribution in [2.45, 2.75) is 39.0 Å². The second kappa shape index (κ2) is 6.87. The lowest BCUT2D eigenvalue weighted by Gasteiger charge is -2.26. The summed E-state index contributed by atoms with van der Waals surface area (Å²) < 4.78 is 0. The highest BCUT2D eigenvalue weighted by Crippen LogP contribution is 2.37. The first kappa shape index (κ1) is 17.7. The minimum Gasteiger partial charge on any atom is -0.507 e. The van der Waals surface area contributed by atoms with E-state index in [-0.39, 0.29) is 28.9 Å². The smallest absolute Gasteiger partial charge is 0.307 e. The van der Waals surface area contributed by atoms with E-state index in [1.165, 1.54) is 6.07 Å². The molecule has 0 amide bonds. The zero-order chi connectivity index (χ0) is 17.9. The topological polar surface area (TPSA) is 74.6 Å². The lowest BCUT2D eigenvalue weighted by Crippen LogP contribution is -2.18. The molecule has 0 saturated heterocycles. The van der Waals surface area contributed by atoms with E-state index in [0.717, 1.165) is 6.42 Å². The Morgan fingerprint density at radius 2 is 1.71 bits per heavy atom. The van der Waals surface area contributed by atoms with Crippen LogP contribution in [0, 0.1) is 0 Å². The molecular weight excluding hydrogens is 304 g/mol. The maximum atomic E-state index is 12.8. The van der Waals surface area contributed by atoms with E-state index in [1.807, 2.05) is 26.8 Å². The van der Waals surface area contributed by atoms with Crippen molar-refractivity contribution in [2.75, 3.05) is 0 Å². The Kier molecular flexibility index (Phi) is 5.07. The molecule has 0 aliphatic carbocycles. The van der Waals surface area contributed by atoms with Crippen LogP contribution >= 0.6 is 0 Å². The molecule has 126 valence electrons. The van der Waals surface area contributed by atoms with Gasteiger partial charge in [-0.15, -0.1) is 0 Å². The Bertz CT molecular complexity index is 761. The van der Waals surface area contributed by atoms with Gasteiger partial charge in [-0.05, 0) is 23.5 Å². The predicted octanol–water partition coefficient (Wildman–Crippen LogP) is 3.94. The van der Waals surface area contributed by atoms with Crippen molar-refractivity contribution in [2.24, 2.45) is 0 Å². The summed E-state index contributed by atoms with van der Waals surface area (Å²) in [5.74, 6) is -1.35. The van der Waals surface area contributed by atoms with E-state index in [9.17, 15) is 14.7 Å². The number of hydrogen-bond donors (Lipinski definition) is 2. The molecule has 0 atom stereocenters. The minimum absolute atomic E-state index is 0.0650. The zero-order valence-corrected chi connectivity index (χ0v) is 14.2. The van der Waals surface area contributed by atoms with Gasteiger partial charge in [-0.3, -0.25) is 9.59 Å². The first-order valence-electron chi connectivity index (χ1n) is 7.94. The number of carboxylic acids is 1. The highest BCUT2D eigenvalue weighted by Gasteiger charge is 2.27. The van der Waals surface area contributed by atoms with Crippen LogP contribution in [0.1, 0.15) is 54.2 Å². The van der Waals surface area contributed by atoms with Gasteiger partial charge in [-0.2, -0.15) is 0 Å². The lowest BCUT2D eigenvalue weighted by molar-refractivity contribution is -0.136. The van der Waals surface area contributed by atoms with Gasteiger partial charge in [-0.1, -0.05) is 57.2 Å². The number of hydrogen-bond acceptors (Lipinski definition) is 3. The largest absolute Gasteiger partial charge is 0.507 e. The van der Waals surface area contributed by atoms with E-state index in [4.69, 9.17) is 5.11 Å². The summed E-state index contributed by atoms with van der Waals surface area (Å²) in [6.45, 7) is 5.91. The number of aliphatic carboxylic acids is 1. The number of carbonyl (C=O) groups excluding carboxylic acids is 1. The van der Waals surface area contributed by atoms with Crippen molar-refractivity contribution in [3.63, 3.8) is 0 Å². The Hall–Kier alpha value is -2.62. The van der Waals surface area contributed by atoms with Crippen LogP contribution in [0.25, 0.3) is 0 Å². The van der Waals surface area contributed by atoms with E-state index in [0.29, 0.717) is 16.7 Å². The van der Waals surface area contributed by atoms with Crippen LogP contribution in [0.5, 0.6) is 5.75 Å². The predicted molar refractivity (Wildman–Crippen MR) is 92.6 cm³/mol. The molecule has 2 aromatic carbocycles. The van der Waals surface area contributed by atoms with Gasteiger partial charge in [-0.25, -0.2) is 0 Å². The Balaban J connectivity index is 2.63. The fourth-order valence-corrected chi connectivity index (χ4v) is 2.60. The van der Waals surface area contributed by atoms with E-state index in [2.05, 4.69) is 0 Å². The highest BCUT2D eigenvalue weighted by molar-refractivity contribution is 6.11. The Morgan fingerprint density at radius 1 is 1.08 bits per heavy atom. The fourth-order valence-electron chi connectivity index (χ4n) is 2.60. The van der Waals surface area contributed by atoms with Crippen LogP contribution in [0.2, 0.25) is 0 Å². The van der Waals surface area contributed by atoms with Crippen LogP contribution in [0.3, 0.4) is 0 Å². The molecule has 4 nitrogen and oxygen atoms in total. The lowest BCUT2D eigenvalue weighted by atomic mass is 9.79. The molecule has 0 heterocycles. The molecule has 0 fully saturated rings. The molecule has 2 N–H and O–H groups in total. The summed E-state index contributed by atoms with van der Waals surface area (Å²) in [4.78, 5) is 23.9. The Morgan fingerprint density at radius 3 is 2.25 bits per heavy atom. The first-order chi connectivity index (χ1) is 11.3. The average Bonchev–Trinajstić information content (AvgIpc) is 2.55. The number of rotatable bonds is 6. The molecule has 0 aliphatic heterocycles. The number of carboxylic acid groups (broad SMARTS) is 1. The SMILES string of the molecule is CCC(C)(C)c1cc(CC(=O)O)cc(C(=O)c2ccccc2)c1O. The molecule has 0 radical (unpaired) electrons. The van der Waals surface area contributed by atoms with Crippen molar-refractivity contribution in [1.82, 2.24) is 0 Å². The van der Waals surface area contributed by atoms with Gasteiger partial charge in [0.05, 0.1) is 12.0 Å². The first-order valence-corrected chi connectivity index (χ1v) is 7.94. The summed E-state index contributed by atoms with van der Waals surface area (Å²) in [5, 5.41) is 19.8. The standard InChI is InChI=1S/C20H22O4/c1-4-20(2,3)16-11-13(12-17(21)22)10-15(19(16)24)18(23)14-8-6-5-7-9-14/h5-11,24H,4,12H2,1-3H3,(H,21,22). The van der Waals surface area contributed by atoms with Gasteiger partial charge in [0.25, 0.3) is 0 Å². The third-order valence-electron chi connectivity index (χ3n) is 4.42. The summed E-state index contributed by atoms with van der Waals surface area (Å²) in [5.41, 5.74) is 1.35. The third kappa shape index (κ3) is 3.65. The molecule has 2 aromatic rings. The number of phenolic OH excluding ortho intramolecular Hbond substituents is 1. The zero-order valence-electron chi connectivity index (χ0n) is 14.2. The number of phenols is 1. The van der Waals surface area contributed by atoms with Crippen molar-refractivity contribution < 1.29 is 19.8 Å². The van der Waals surface area contributed by atoms with Crippen LogP contribution in [0.15, 0.2) is 42.5 Å². The van der Waals surface area contributed by atoms with Crippen LogP contribution in [-0.4, -0.2) is 22.0 Å². The van der Waals surface area contributed by atoms with E-state index < -0.39 is 5.97 Å². The van der Waals surface area contributed by atoms with Crippen LogP contribution in [0.4, 0.5) is 0 Å². The van der Waals surface area contributed by atoms with Gasteiger partial charge >= 0.3 is 5.97 Å². The van der Waals surface area contributed by atoms with E-state index in [1.54, 1.807) is 30.3 Å². The molecule has 2 rings (SSSR count). The molecule has 4 heteroatoms. The quantitative estimate of drug-likeness (QED) is 0.789. The second-order valence-electron chi connectivity index (χ2n) is 6.54. The van der Waals surface area contributed by atoms with Crippen LogP contribution < -0.4 is 0 Å². The summed E-state index contributed by atoms with van der Waals surface area (Å²) in [7, 11) is 0. The van der Waals surface area contributed by atoms with Gasteiger partial charge in [0.2, 0.25) is 0 Å².